The van der Waals surface area contributed by atoms with Crippen molar-refractivity contribution in [3.8, 4) is 0 Å². The lowest BCUT2D eigenvalue weighted by molar-refractivity contribution is 0.118. The van der Waals surface area contributed by atoms with E-state index in [9.17, 15) is 0 Å². The highest BCUT2D eigenvalue weighted by Crippen LogP contribution is 2.65. The monoisotopic (exact) mass is 285 g/mol. The molecule has 3 rings (SSSR count). The molecule has 1 aromatic rings. The Hall–Kier alpha value is -0.820. The number of hydrogen-bond acceptors (Lipinski definition) is 1. The van der Waals surface area contributed by atoms with E-state index in [1.165, 1.54) is 24.8 Å². The Morgan fingerprint density at radius 1 is 1.14 bits per heavy atom. The van der Waals surface area contributed by atoms with Crippen molar-refractivity contribution in [3.63, 3.8) is 0 Å². The van der Waals surface area contributed by atoms with Crippen LogP contribution >= 0.6 is 0 Å². The van der Waals surface area contributed by atoms with Crippen LogP contribution in [0.2, 0.25) is 0 Å². The van der Waals surface area contributed by atoms with E-state index in [-0.39, 0.29) is 5.41 Å². The van der Waals surface area contributed by atoms with Crippen molar-refractivity contribution in [2.24, 2.45) is 16.7 Å². The summed E-state index contributed by atoms with van der Waals surface area (Å²) in [5, 5.41) is 3.95. The number of nitrogens with one attached hydrogen (secondary N) is 1. The van der Waals surface area contributed by atoms with Gasteiger partial charge in [-0.2, -0.15) is 0 Å². The van der Waals surface area contributed by atoms with Gasteiger partial charge in [-0.1, -0.05) is 65.0 Å². The Morgan fingerprint density at radius 2 is 1.81 bits per heavy atom. The predicted molar refractivity (Wildman–Crippen MR) is 90.5 cm³/mol. The predicted octanol–water partition coefficient (Wildman–Crippen LogP) is 4.77. The first kappa shape index (κ1) is 15.1. The van der Waals surface area contributed by atoms with Gasteiger partial charge in [-0.25, -0.2) is 0 Å². The minimum absolute atomic E-state index is 0.198. The van der Waals surface area contributed by atoms with Gasteiger partial charge < -0.3 is 5.32 Å². The molecule has 2 bridgehead atoms. The van der Waals surface area contributed by atoms with Crippen molar-refractivity contribution < 1.29 is 0 Å². The number of rotatable bonds is 4. The molecule has 1 N–H and O–H groups in total. The van der Waals surface area contributed by atoms with Gasteiger partial charge in [0, 0.05) is 18.0 Å². The third kappa shape index (κ3) is 2.25. The van der Waals surface area contributed by atoms with Crippen molar-refractivity contribution >= 4 is 0 Å². The van der Waals surface area contributed by atoms with Gasteiger partial charge in [-0.05, 0) is 41.6 Å². The Kier molecular flexibility index (Phi) is 3.48. The molecule has 2 aliphatic rings. The number of hydrogen-bond donors (Lipinski definition) is 1. The van der Waals surface area contributed by atoms with Gasteiger partial charge in [0.2, 0.25) is 0 Å². The lowest BCUT2D eigenvalue weighted by atomic mass is 9.69. The maximum Gasteiger partial charge on any atom is 0.0129 e. The lowest BCUT2D eigenvalue weighted by Gasteiger charge is -2.41. The Balaban J connectivity index is 1.69. The summed E-state index contributed by atoms with van der Waals surface area (Å²) in [4.78, 5) is 0. The molecule has 1 nitrogen and oxygen atoms in total. The van der Waals surface area contributed by atoms with Gasteiger partial charge in [0.1, 0.15) is 0 Å². The van der Waals surface area contributed by atoms with Crippen LogP contribution < -0.4 is 5.32 Å². The van der Waals surface area contributed by atoms with Crippen LogP contribution in [0.15, 0.2) is 30.3 Å². The van der Waals surface area contributed by atoms with Crippen molar-refractivity contribution in [2.45, 2.75) is 65.3 Å². The topological polar surface area (TPSA) is 12.0 Å². The van der Waals surface area contributed by atoms with Crippen LogP contribution in [-0.2, 0) is 5.41 Å². The van der Waals surface area contributed by atoms with Crippen molar-refractivity contribution in [1.29, 1.82) is 0 Å². The second-order valence-electron chi connectivity index (χ2n) is 8.79. The molecule has 1 heteroatoms. The second kappa shape index (κ2) is 4.84. The molecule has 0 saturated heterocycles. The number of benzene rings is 1. The lowest BCUT2D eigenvalue weighted by Crippen LogP contribution is -2.48. The van der Waals surface area contributed by atoms with Gasteiger partial charge in [-0.15, -0.1) is 0 Å². The Morgan fingerprint density at radius 3 is 2.33 bits per heavy atom. The van der Waals surface area contributed by atoms with Crippen LogP contribution in [0.25, 0.3) is 0 Å². The fourth-order valence-corrected chi connectivity index (χ4v) is 4.88. The van der Waals surface area contributed by atoms with Crippen LogP contribution in [0.3, 0.4) is 0 Å². The van der Waals surface area contributed by atoms with E-state index in [0.717, 1.165) is 12.5 Å². The molecular formula is C20H31N. The third-order valence-corrected chi connectivity index (χ3v) is 7.14. The molecule has 21 heavy (non-hydrogen) atoms. The minimum atomic E-state index is 0.198. The second-order valence-corrected chi connectivity index (χ2v) is 8.79. The molecule has 1 aromatic carbocycles. The summed E-state index contributed by atoms with van der Waals surface area (Å²) < 4.78 is 0. The molecule has 0 radical (unpaired) electrons. The van der Waals surface area contributed by atoms with E-state index in [4.69, 9.17) is 0 Å². The van der Waals surface area contributed by atoms with Gasteiger partial charge in [0.05, 0.1) is 0 Å². The summed E-state index contributed by atoms with van der Waals surface area (Å²) in [6.07, 6.45) is 4.20. The molecule has 3 unspecified atom stereocenters. The molecule has 0 aliphatic heterocycles. The molecule has 116 valence electrons. The van der Waals surface area contributed by atoms with Crippen molar-refractivity contribution in [3.05, 3.63) is 35.9 Å². The highest BCUT2D eigenvalue weighted by Gasteiger charge is 2.61. The zero-order valence-electron chi connectivity index (χ0n) is 14.4. The summed E-state index contributed by atoms with van der Waals surface area (Å²) >= 11 is 0. The maximum absolute atomic E-state index is 3.95. The van der Waals surface area contributed by atoms with E-state index in [1.54, 1.807) is 0 Å². The maximum atomic E-state index is 3.95. The molecule has 2 aliphatic carbocycles. The molecule has 0 amide bonds. The molecule has 0 aromatic heterocycles. The van der Waals surface area contributed by atoms with Crippen LogP contribution in [0.1, 0.15) is 59.4 Å². The van der Waals surface area contributed by atoms with E-state index >= 15 is 0 Å². The van der Waals surface area contributed by atoms with Crippen LogP contribution in [0, 0.1) is 16.7 Å². The van der Waals surface area contributed by atoms with Gasteiger partial charge in [-0.3, -0.25) is 0 Å². The molecule has 2 fully saturated rings. The smallest absolute Gasteiger partial charge is 0.0129 e. The first-order chi connectivity index (χ1) is 9.77. The molecule has 3 atom stereocenters. The Bertz CT molecular complexity index is 502. The average molecular weight is 285 g/mol. The van der Waals surface area contributed by atoms with E-state index in [1.807, 2.05) is 0 Å². The van der Waals surface area contributed by atoms with E-state index in [0.29, 0.717) is 16.9 Å². The largest absolute Gasteiger partial charge is 0.313 e. The quantitative estimate of drug-likeness (QED) is 0.840. The van der Waals surface area contributed by atoms with Gasteiger partial charge in [0.25, 0.3) is 0 Å². The summed E-state index contributed by atoms with van der Waals surface area (Å²) in [6.45, 7) is 13.3. The summed E-state index contributed by atoms with van der Waals surface area (Å²) in [7, 11) is 0. The molecule has 2 saturated carbocycles. The van der Waals surface area contributed by atoms with Gasteiger partial charge in [0.15, 0.2) is 0 Å². The highest BCUT2D eigenvalue weighted by atomic mass is 15.0. The zero-order valence-corrected chi connectivity index (χ0v) is 14.4. The van der Waals surface area contributed by atoms with Crippen LogP contribution in [0.5, 0.6) is 0 Å². The van der Waals surface area contributed by atoms with E-state index < -0.39 is 0 Å². The standard InChI is InChI=1S/C20H31N/c1-18(2,15-9-7-6-8-10-15)14-21-17-13-16-11-12-20(17,5)19(16,3)4/h6-10,16-17,21H,11-14H2,1-5H3. The minimum Gasteiger partial charge on any atom is -0.313 e. The summed E-state index contributed by atoms with van der Waals surface area (Å²) in [5.41, 5.74) is 2.61. The third-order valence-electron chi connectivity index (χ3n) is 7.14. The van der Waals surface area contributed by atoms with Crippen molar-refractivity contribution in [1.82, 2.24) is 5.32 Å². The molecule has 0 spiro atoms. The summed E-state index contributed by atoms with van der Waals surface area (Å²) in [6, 6.07) is 11.6. The SMILES string of the molecule is CC(C)(CNC1CC2CCC1(C)C2(C)C)c1ccccc1. The average Bonchev–Trinajstić information content (AvgIpc) is 2.79. The Labute approximate surface area is 130 Å². The first-order valence-electron chi connectivity index (χ1n) is 8.56. The fourth-order valence-electron chi connectivity index (χ4n) is 4.88. The molecular weight excluding hydrogens is 254 g/mol. The van der Waals surface area contributed by atoms with Gasteiger partial charge >= 0.3 is 0 Å². The van der Waals surface area contributed by atoms with Crippen LogP contribution in [0.4, 0.5) is 0 Å². The van der Waals surface area contributed by atoms with Crippen molar-refractivity contribution in [2.75, 3.05) is 6.54 Å². The molecule has 0 heterocycles. The highest BCUT2D eigenvalue weighted by molar-refractivity contribution is 5.24. The normalized spacial score (nSPS) is 34.3. The number of fused-ring (bicyclic) bond motifs is 2. The summed E-state index contributed by atoms with van der Waals surface area (Å²) in [5.74, 6) is 0.917. The zero-order chi connectivity index (χ0) is 15.3. The van der Waals surface area contributed by atoms with Crippen LogP contribution in [-0.4, -0.2) is 12.6 Å². The fraction of sp³-hybridized carbons (Fsp3) is 0.700. The van der Waals surface area contributed by atoms with E-state index in [2.05, 4.69) is 70.3 Å². The first-order valence-corrected chi connectivity index (χ1v) is 8.56.